The number of aryl methyl sites for hydroxylation is 1. The molecule has 5 nitrogen and oxygen atoms in total. The number of esters is 1. The minimum atomic E-state index is -0.772. The average Bonchev–Trinajstić information content (AvgIpc) is 2.56. The number of benzene rings is 1. The number of rotatable bonds is 4. The summed E-state index contributed by atoms with van der Waals surface area (Å²) in [6, 6.07) is 2.94. The van der Waals surface area contributed by atoms with Crippen LogP contribution in [0.2, 0.25) is 0 Å². The Bertz CT molecular complexity index is 701. The number of ketones is 1. The minimum absolute atomic E-state index is 0.0239. The Morgan fingerprint density at radius 1 is 1.04 bits per heavy atom. The van der Waals surface area contributed by atoms with E-state index in [2.05, 4.69) is 0 Å². The lowest BCUT2D eigenvalue weighted by molar-refractivity contribution is -0.147. The molecule has 134 valence electrons. The summed E-state index contributed by atoms with van der Waals surface area (Å²) in [7, 11) is 0. The number of carbonyl (C=O) groups excluding carboxylic acids is 2. The second kappa shape index (κ2) is 5.75. The second-order valence-electron chi connectivity index (χ2n) is 8.32. The molecule has 0 atom stereocenters. The maximum Gasteiger partial charge on any atom is 0.342 e. The standard InChI is InChI=1S/C20H24O5/c1-11-2-3-15(18(23)17(11)22)19(24)25-10-16(21)20-7-12-4-13(8-20)6-14(5-12)9-20/h2-3,12-14,22-23H,4-10H2,1H3. The molecule has 4 saturated carbocycles. The Balaban J connectivity index is 1.44. The smallest absolute Gasteiger partial charge is 0.342 e. The third-order valence-corrected chi connectivity index (χ3v) is 6.54. The minimum Gasteiger partial charge on any atom is -0.504 e. The maximum atomic E-state index is 12.8. The molecule has 0 aliphatic heterocycles. The number of ether oxygens (including phenoxy) is 1. The highest BCUT2D eigenvalue weighted by atomic mass is 16.5. The summed E-state index contributed by atoms with van der Waals surface area (Å²) in [5, 5.41) is 19.7. The number of hydrogen-bond acceptors (Lipinski definition) is 5. The predicted octanol–water partition coefficient (Wildman–Crippen LogP) is 3.35. The quantitative estimate of drug-likeness (QED) is 0.646. The molecule has 0 unspecified atom stereocenters. The Labute approximate surface area is 147 Å². The van der Waals surface area contributed by atoms with Gasteiger partial charge < -0.3 is 14.9 Å². The monoisotopic (exact) mass is 344 g/mol. The Hall–Kier alpha value is -2.04. The molecule has 5 heteroatoms. The molecule has 0 radical (unpaired) electrons. The van der Waals surface area contributed by atoms with Gasteiger partial charge in [0.05, 0.1) is 0 Å². The number of phenolic OH excluding ortho intramolecular Hbond substituents is 2. The number of carbonyl (C=O) groups is 2. The molecular formula is C20H24O5. The van der Waals surface area contributed by atoms with Gasteiger partial charge in [0.1, 0.15) is 5.56 Å². The van der Waals surface area contributed by atoms with Crippen LogP contribution in [-0.2, 0) is 9.53 Å². The van der Waals surface area contributed by atoms with Gasteiger partial charge >= 0.3 is 5.97 Å². The third-order valence-electron chi connectivity index (χ3n) is 6.54. The van der Waals surface area contributed by atoms with E-state index < -0.39 is 11.7 Å². The van der Waals surface area contributed by atoms with E-state index in [4.69, 9.17) is 4.74 Å². The molecule has 4 aliphatic rings. The van der Waals surface area contributed by atoms with Crippen molar-refractivity contribution in [2.24, 2.45) is 23.2 Å². The van der Waals surface area contributed by atoms with Gasteiger partial charge in [-0.2, -0.15) is 0 Å². The van der Waals surface area contributed by atoms with Gasteiger partial charge in [-0.25, -0.2) is 4.79 Å². The molecule has 0 heterocycles. The van der Waals surface area contributed by atoms with Crippen LogP contribution in [-0.4, -0.2) is 28.6 Å². The van der Waals surface area contributed by atoms with Crippen LogP contribution in [0.3, 0.4) is 0 Å². The molecule has 2 N–H and O–H groups in total. The third kappa shape index (κ3) is 2.70. The maximum absolute atomic E-state index is 12.8. The first kappa shape index (κ1) is 16.4. The Morgan fingerprint density at radius 3 is 2.16 bits per heavy atom. The van der Waals surface area contributed by atoms with Crippen molar-refractivity contribution in [2.75, 3.05) is 6.61 Å². The molecule has 4 aliphatic carbocycles. The van der Waals surface area contributed by atoms with E-state index in [-0.39, 0.29) is 29.1 Å². The zero-order valence-electron chi connectivity index (χ0n) is 14.5. The SMILES string of the molecule is Cc1ccc(C(=O)OCC(=O)C23CC4CC(CC(C4)C2)C3)c(O)c1O. The van der Waals surface area contributed by atoms with E-state index in [9.17, 15) is 19.8 Å². The van der Waals surface area contributed by atoms with Crippen LogP contribution < -0.4 is 0 Å². The molecule has 4 fully saturated rings. The van der Waals surface area contributed by atoms with Crippen molar-refractivity contribution in [3.63, 3.8) is 0 Å². The van der Waals surface area contributed by atoms with E-state index in [1.165, 1.54) is 31.4 Å². The fourth-order valence-corrected chi connectivity index (χ4v) is 5.66. The van der Waals surface area contributed by atoms with E-state index in [1.807, 2.05) is 0 Å². The van der Waals surface area contributed by atoms with Crippen LogP contribution in [0.4, 0.5) is 0 Å². The molecule has 4 bridgehead atoms. The van der Waals surface area contributed by atoms with Gasteiger partial charge in [0.15, 0.2) is 23.9 Å². The first-order valence-electron chi connectivity index (χ1n) is 9.10. The van der Waals surface area contributed by atoms with E-state index >= 15 is 0 Å². The van der Waals surface area contributed by atoms with Crippen LogP contribution in [0.25, 0.3) is 0 Å². The molecular weight excluding hydrogens is 320 g/mol. The summed E-state index contributed by atoms with van der Waals surface area (Å²) in [4.78, 5) is 25.1. The molecule has 25 heavy (non-hydrogen) atoms. The highest BCUT2D eigenvalue weighted by Crippen LogP contribution is 2.60. The summed E-state index contributed by atoms with van der Waals surface area (Å²) in [5.74, 6) is 0.396. The van der Waals surface area contributed by atoms with Crippen molar-refractivity contribution in [3.05, 3.63) is 23.3 Å². The van der Waals surface area contributed by atoms with Gasteiger partial charge in [0.2, 0.25) is 0 Å². The number of Topliss-reactive ketones (excluding diaryl/α,β-unsaturated/α-hetero) is 1. The lowest BCUT2D eigenvalue weighted by atomic mass is 9.48. The van der Waals surface area contributed by atoms with Crippen molar-refractivity contribution < 1.29 is 24.5 Å². The van der Waals surface area contributed by atoms with Crippen molar-refractivity contribution in [3.8, 4) is 11.5 Å². The lowest BCUT2D eigenvalue weighted by Gasteiger charge is -2.55. The molecule has 0 aromatic heterocycles. The summed E-state index contributed by atoms with van der Waals surface area (Å²) < 4.78 is 5.20. The zero-order chi connectivity index (χ0) is 17.8. The molecule has 1 aromatic rings. The fraction of sp³-hybridized carbons (Fsp3) is 0.600. The molecule has 0 saturated heterocycles. The van der Waals surface area contributed by atoms with E-state index in [0.717, 1.165) is 19.3 Å². The van der Waals surface area contributed by atoms with Crippen LogP contribution in [0.1, 0.15) is 54.4 Å². The molecule has 0 amide bonds. The van der Waals surface area contributed by atoms with Crippen molar-refractivity contribution in [2.45, 2.75) is 45.4 Å². The van der Waals surface area contributed by atoms with Gasteiger partial charge in [-0.15, -0.1) is 0 Å². The highest BCUT2D eigenvalue weighted by Gasteiger charge is 2.54. The molecule has 1 aromatic carbocycles. The van der Waals surface area contributed by atoms with Crippen LogP contribution in [0, 0.1) is 30.1 Å². The van der Waals surface area contributed by atoms with Crippen LogP contribution in [0.5, 0.6) is 11.5 Å². The van der Waals surface area contributed by atoms with Crippen molar-refractivity contribution in [1.82, 2.24) is 0 Å². The first-order chi connectivity index (χ1) is 11.9. The highest BCUT2D eigenvalue weighted by molar-refractivity contribution is 5.96. The van der Waals surface area contributed by atoms with Gasteiger partial charge in [-0.05, 0) is 74.8 Å². The van der Waals surface area contributed by atoms with Gasteiger partial charge in [0.25, 0.3) is 0 Å². The van der Waals surface area contributed by atoms with E-state index in [0.29, 0.717) is 23.3 Å². The summed E-state index contributed by atoms with van der Waals surface area (Å²) in [5.41, 5.74) is 0.0621. The van der Waals surface area contributed by atoms with Crippen molar-refractivity contribution in [1.29, 1.82) is 0 Å². The van der Waals surface area contributed by atoms with Gasteiger partial charge in [0, 0.05) is 5.41 Å². The number of aromatic hydroxyl groups is 2. The average molecular weight is 344 g/mol. The molecule has 0 spiro atoms. The normalized spacial score (nSPS) is 32.6. The van der Waals surface area contributed by atoms with Crippen LogP contribution >= 0.6 is 0 Å². The van der Waals surface area contributed by atoms with Gasteiger partial charge in [-0.1, -0.05) is 6.07 Å². The predicted molar refractivity (Wildman–Crippen MR) is 90.4 cm³/mol. The number of phenols is 2. The van der Waals surface area contributed by atoms with Crippen molar-refractivity contribution >= 4 is 11.8 Å². The van der Waals surface area contributed by atoms with Crippen LogP contribution in [0.15, 0.2) is 12.1 Å². The van der Waals surface area contributed by atoms with E-state index in [1.54, 1.807) is 6.92 Å². The Morgan fingerprint density at radius 2 is 1.60 bits per heavy atom. The topological polar surface area (TPSA) is 83.8 Å². The Kier molecular flexibility index (Phi) is 3.78. The van der Waals surface area contributed by atoms with Gasteiger partial charge in [-0.3, -0.25) is 4.79 Å². The summed E-state index contributed by atoms with van der Waals surface area (Å²) >= 11 is 0. The first-order valence-corrected chi connectivity index (χ1v) is 9.10. The fourth-order valence-electron chi connectivity index (χ4n) is 5.66. The largest absolute Gasteiger partial charge is 0.504 e. The number of hydrogen-bond donors (Lipinski definition) is 2. The summed E-state index contributed by atoms with van der Waals surface area (Å²) in [6.07, 6.45) is 6.57. The summed E-state index contributed by atoms with van der Waals surface area (Å²) in [6.45, 7) is 1.37. The zero-order valence-corrected chi connectivity index (χ0v) is 14.5. The second-order valence-corrected chi connectivity index (χ2v) is 8.32. The lowest BCUT2D eigenvalue weighted by Crippen LogP contribution is -2.51. The molecule has 5 rings (SSSR count).